The molecule has 2 aromatic rings. The maximum Gasteiger partial charge on any atom is 0.0603 e. The lowest BCUT2D eigenvalue weighted by Gasteiger charge is -2.28. The van der Waals surface area contributed by atoms with Crippen molar-refractivity contribution in [1.82, 2.24) is 0 Å². The summed E-state index contributed by atoms with van der Waals surface area (Å²) in [5.41, 5.74) is 8.10. The van der Waals surface area contributed by atoms with Gasteiger partial charge in [0.15, 0.2) is 0 Å². The Morgan fingerprint density at radius 1 is 1.37 bits per heavy atom. The molecular formula is C15H19ClN2S. The zero-order chi connectivity index (χ0) is 13.8. The van der Waals surface area contributed by atoms with Crippen molar-refractivity contribution in [3.05, 3.63) is 51.2 Å². The van der Waals surface area contributed by atoms with Crippen molar-refractivity contribution in [3.8, 4) is 0 Å². The third kappa shape index (κ3) is 3.30. The second-order valence-electron chi connectivity index (χ2n) is 4.61. The summed E-state index contributed by atoms with van der Waals surface area (Å²) in [5, 5.41) is 2.87. The Labute approximate surface area is 123 Å². The van der Waals surface area contributed by atoms with Crippen LogP contribution in [0.3, 0.4) is 0 Å². The summed E-state index contributed by atoms with van der Waals surface area (Å²) in [6.45, 7) is 2.86. The Hall–Kier alpha value is -1.03. The molecule has 2 nitrogen and oxygen atoms in total. The molecule has 1 heterocycles. The van der Waals surface area contributed by atoms with Crippen LogP contribution in [0.1, 0.15) is 23.4 Å². The Kier molecular flexibility index (Phi) is 4.86. The fourth-order valence-corrected chi connectivity index (χ4v) is 3.15. The van der Waals surface area contributed by atoms with Gasteiger partial charge in [0.25, 0.3) is 0 Å². The summed E-state index contributed by atoms with van der Waals surface area (Å²) >= 11 is 7.91. The number of thiophene rings is 1. The molecule has 0 aliphatic heterocycles. The van der Waals surface area contributed by atoms with Gasteiger partial charge in [0.05, 0.1) is 6.04 Å². The van der Waals surface area contributed by atoms with E-state index in [-0.39, 0.29) is 0 Å². The predicted molar refractivity (Wildman–Crippen MR) is 85.3 cm³/mol. The topological polar surface area (TPSA) is 29.3 Å². The molecule has 1 atom stereocenters. The molecule has 2 rings (SSSR count). The van der Waals surface area contributed by atoms with Gasteiger partial charge in [-0.2, -0.15) is 0 Å². The highest BCUT2D eigenvalue weighted by atomic mass is 35.5. The average Bonchev–Trinajstić information content (AvgIpc) is 2.93. The van der Waals surface area contributed by atoms with Gasteiger partial charge in [-0.05, 0) is 49.0 Å². The summed E-state index contributed by atoms with van der Waals surface area (Å²) < 4.78 is 0. The minimum Gasteiger partial charge on any atom is -0.367 e. The molecule has 102 valence electrons. The fourth-order valence-electron chi connectivity index (χ4n) is 2.16. The van der Waals surface area contributed by atoms with Crippen molar-refractivity contribution < 1.29 is 0 Å². The Balaban J connectivity index is 2.31. The summed E-state index contributed by atoms with van der Waals surface area (Å²) in [7, 11) is 2.11. The average molecular weight is 295 g/mol. The highest BCUT2D eigenvalue weighted by Gasteiger charge is 2.16. The van der Waals surface area contributed by atoms with Gasteiger partial charge in [-0.25, -0.2) is 0 Å². The van der Waals surface area contributed by atoms with Crippen LogP contribution in [0.5, 0.6) is 0 Å². The van der Waals surface area contributed by atoms with E-state index in [9.17, 15) is 0 Å². The van der Waals surface area contributed by atoms with Crippen LogP contribution >= 0.6 is 22.9 Å². The van der Waals surface area contributed by atoms with Crippen LogP contribution in [0.4, 0.5) is 5.69 Å². The first kappa shape index (κ1) is 14.4. The standard InChI is InChI=1S/C15H19ClN2S/c1-11(15-4-3-9-19-15)18(2)14-10-13(16)6-5-12(14)7-8-17/h3-6,9-11H,7-8,17H2,1-2H3. The van der Waals surface area contributed by atoms with Crippen LogP contribution in [0.2, 0.25) is 5.02 Å². The molecule has 0 bridgehead atoms. The van der Waals surface area contributed by atoms with E-state index < -0.39 is 0 Å². The van der Waals surface area contributed by atoms with Gasteiger partial charge in [-0.15, -0.1) is 11.3 Å². The SMILES string of the molecule is CC(c1cccs1)N(C)c1cc(Cl)ccc1CCN. The molecule has 0 saturated heterocycles. The maximum atomic E-state index is 6.14. The van der Waals surface area contributed by atoms with Crippen molar-refractivity contribution in [2.24, 2.45) is 5.73 Å². The van der Waals surface area contributed by atoms with E-state index in [1.165, 1.54) is 16.1 Å². The molecule has 0 aliphatic carbocycles. The molecule has 2 N–H and O–H groups in total. The maximum absolute atomic E-state index is 6.14. The van der Waals surface area contributed by atoms with Crippen LogP contribution in [0, 0.1) is 0 Å². The zero-order valence-electron chi connectivity index (χ0n) is 11.3. The minimum atomic E-state index is 0.329. The van der Waals surface area contributed by atoms with Crippen LogP contribution < -0.4 is 10.6 Å². The van der Waals surface area contributed by atoms with Crippen LogP contribution in [0.25, 0.3) is 0 Å². The van der Waals surface area contributed by atoms with Crippen LogP contribution in [-0.4, -0.2) is 13.6 Å². The number of hydrogen-bond donors (Lipinski definition) is 1. The molecule has 1 aromatic carbocycles. The lowest BCUT2D eigenvalue weighted by molar-refractivity contribution is 0.747. The van der Waals surface area contributed by atoms with E-state index >= 15 is 0 Å². The first-order valence-electron chi connectivity index (χ1n) is 6.38. The number of benzene rings is 1. The zero-order valence-corrected chi connectivity index (χ0v) is 12.8. The lowest BCUT2D eigenvalue weighted by atomic mass is 10.1. The summed E-state index contributed by atoms with van der Waals surface area (Å²) in [6.07, 6.45) is 0.869. The van der Waals surface area contributed by atoms with E-state index in [2.05, 4.69) is 42.5 Å². The van der Waals surface area contributed by atoms with Gasteiger partial charge in [-0.1, -0.05) is 23.7 Å². The number of nitrogens with two attached hydrogens (primary N) is 1. The molecule has 0 fully saturated rings. The molecule has 1 unspecified atom stereocenters. The summed E-state index contributed by atoms with van der Waals surface area (Å²) in [5.74, 6) is 0. The fraction of sp³-hybridized carbons (Fsp3) is 0.333. The van der Waals surface area contributed by atoms with Crippen molar-refractivity contribution in [1.29, 1.82) is 0 Å². The summed E-state index contributed by atoms with van der Waals surface area (Å²) in [4.78, 5) is 3.61. The van der Waals surface area contributed by atoms with E-state index in [0.29, 0.717) is 12.6 Å². The number of nitrogens with zero attached hydrogens (tertiary/aromatic N) is 1. The van der Waals surface area contributed by atoms with E-state index in [0.717, 1.165) is 11.4 Å². The monoisotopic (exact) mass is 294 g/mol. The Bertz CT molecular complexity index is 525. The molecular weight excluding hydrogens is 276 g/mol. The van der Waals surface area contributed by atoms with Crippen molar-refractivity contribution in [3.63, 3.8) is 0 Å². The van der Waals surface area contributed by atoms with E-state index in [1.54, 1.807) is 11.3 Å². The molecule has 0 amide bonds. The highest BCUT2D eigenvalue weighted by Crippen LogP contribution is 2.32. The number of anilines is 1. The molecule has 4 heteroatoms. The molecule has 0 saturated carbocycles. The van der Waals surface area contributed by atoms with Crippen LogP contribution in [-0.2, 0) is 6.42 Å². The van der Waals surface area contributed by atoms with Gasteiger partial charge in [0.1, 0.15) is 0 Å². The highest BCUT2D eigenvalue weighted by molar-refractivity contribution is 7.10. The van der Waals surface area contributed by atoms with E-state index in [1.807, 2.05) is 12.1 Å². The molecule has 0 radical (unpaired) electrons. The predicted octanol–water partition coefficient (Wildman–Crippen LogP) is 4.10. The second-order valence-corrected chi connectivity index (χ2v) is 6.03. The third-order valence-electron chi connectivity index (χ3n) is 3.38. The van der Waals surface area contributed by atoms with Gasteiger partial charge in [-0.3, -0.25) is 0 Å². The number of hydrogen-bond acceptors (Lipinski definition) is 3. The minimum absolute atomic E-state index is 0.329. The molecule has 0 aliphatic rings. The van der Waals surface area contributed by atoms with Gasteiger partial charge in [0, 0.05) is 22.6 Å². The number of halogens is 1. The molecule has 0 spiro atoms. The van der Waals surface area contributed by atoms with Gasteiger partial charge >= 0.3 is 0 Å². The molecule has 19 heavy (non-hydrogen) atoms. The lowest BCUT2D eigenvalue weighted by Crippen LogP contribution is -2.22. The van der Waals surface area contributed by atoms with E-state index in [4.69, 9.17) is 17.3 Å². The normalized spacial score (nSPS) is 12.4. The van der Waals surface area contributed by atoms with Gasteiger partial charge < -0.3 is 10.6 Å². The van der Waals surface area contributed by atoms with Crippen molar-refractivity contribution in [2.75, 3.05) is 18.5 Å². The Morgan fingerprint density at radius 3 is 2.79 bits per heavy atom. The smallest absolute Gasteiger partial charge is 0.0603 e. The van der Waals surface area contributed by atoms with Gasteiger partial charge in [0.2, 0.25) is 0 Å². The van der Waals surface area contributed by atoms with Crippen LogP contribution in [0.15, 0.2) is 35.7 Å². The second kappa shape index (κ2) is 6.42. The Morgan fingerprint density at radius 2 is 2.16 bits per heavy atom. The molecule has 1 aromatic heterocycles. The quantitative estimate of drug-likeness (QED) is 0.899. The van der Waals surface area contributed by atoms with Crippen molar-refractivity contribution >= 4 is 28.6 Å². The van der Waals surface area contributed by atoms with Crippen molar-refractivity contribution in [2.45, 2.75) is 19.4 Å². The third-order valence-corrected chi connectivity index (χ3v) is 4.65. The summed E-state index contributed by atoms with van der Waals surface area (Å²) in [6, 6.07) is 10.6. The first-order chi connectivity index (χ1) is 9.13. The number of rotatable bonds is 5. The largest absolute Gasteiger partial charge is 0.367 e. The first-order valence-corrected chi connectivity index (χ1v) is 7.64.